The smallest absolute Gasteiger partial charge is 0.308 e. The van der Waals surface area contributed by atoms with E-state index in [9.17, 15) is 10.1 Å². The molecule has 0 radical (unpaired) electrons. The van der Waals surface area contributed by atoms with Crippen molar-refractivity contribution < 1.29 is 9.53 Å². The van der Waals surface area contributed by atoms with Crippen LogP contribution in [0.3, 0.4) is 0 Å². The standard InChI is InChI=1S/C17H20N2O2/c1-21-16(20)14-7-15-10-19(12-17(15,8-14)11-18)9-13-5-3-2-4-6-13/h2-6,14-15H,7-10,12H2,1H3/t14?,15-,17-/m1/s1. The monoisotopic (exact) mass is 284 g/mol. The largest absolute Gasteiger partial charge is 0.469 e. The summed E-state index contributed by atoms with van der Waals surface area (Å²) in [7, 11) is 1.43. The number of benzene rings is 1. The van der Waals surface area contributed by atoms with Crippen LogP contribution >= 0.6 is 0 Å². The number of esters is 1. The van der Waals surface area contributed by atoms with Crippen molar-refractivity contribution in [2.75, 3.05) is 20.2 Å². The van der Waals surface area contributed by atoms with Gasteiger partial charge < -0.3 is 4.74 Å². The van der Waals surface area contributed by atoms with Crippen LogP contribution in [0.2, 0.25) is 0 Å². The number of carbonyl (C=O) groups is 1. The van der Waals surface area contributed by atoms with E-state index in [4.69, 9.17) is 4.74 Å². The Hall–Kier alpha value is -1.86. The van der Waals surface area contributed by atoms with Crippen molar-refractivity contribution in [1.82, 2.24) is 4.90 Å². The van der Waals surface area contributed by atoms with E-state index >= 15 is 0 Å². The quantitative estimate of drug-likeness (QED) is 0.799. The number of nitriles is 1. The van der Waals surface area contributed by atoms with Gasteiger partial charge in [0.15, 0.2) is 0 Å². The Morgan fingerprint density at radius 1 is 1.48 bits per heavy atom. The fourth-order valence-corrected chi connectivity index (χ4v) is 3.96. The molecule has 3 rings (SSSR count). The molecule has 0 N–H and O–H groups in total. The van der Waals surface area contributed by atoms with Gasteiger partial charge in [-0.2, -0.15) is 5.26 Å². The summed E-state index contributed by atoms with van der Waals surface area (Å²) in [4.78, 5) is 14.1. The third-order valence-corrected chi connectivity index (χ3v) is 4.95. The molecule has 1 aromatic rings. The molecule has 0 spiro atoms. The Labute approximate surface area is 125 Å². The molecule has 4 heteroatoms. The van der Waals surface area contributed by atoms with E-state index in [0.29, 0.717) is 6.42 Å². The Kier molecular flexibility index (Phi) is 3.69. The number of ether oxygens (including phenoxy) is 1. The number of likely N-dealkylation sites (tertiary alicyclic amines) is 1. The first-order valence-corrected chi connectivity index (χ1v) is 7.42. The molecule has 1 saturated heterocycles. The number of methoxy groups -OCH3 is 1. The number of fused-ring (bicyclic) bond motifs is 1. The van der Waals surface area contributed by atoms with Crippen molar-refractivity contribution in [3.05, 3.63) is 35.9 Å². The minimum atomic E-state index is -0.367. The van der Waals surface area contributed by atoms with Crippen molar-refractivity contribution in [3.63, 3.8) is 0 Å². The van der Waals surface area contributed by atoms with Crippen molar-refractivity contribution in [3.8, 4) is 6.07 Å². The van der Waals surface area contributed by atoms with E-state index in [0.717, 1.165) is 26.1 Å². The highest BCUT2D eigenvalue weighted by Gasteiger charge is 2.55. The lowest BCUT2D eigenvalue weighted by Crippen LogP contribution is -2.27. The van der Waals surface area contributed by atoms with Crippen LogP contribution in [-0.2, 0) is 16.1 Å². The molecule has 3 atom stereocenters. The highest BCUT2D eigenvalue weighted by Crippen LogP contribution is 2.51. The van der Waals surface area contributed by atoms with Gasteiger partial charge in [0, 0.05) is 19.6 Å². The lowest BCUT2D eigenvalue weighted by atomic mass is 9.82. The maximum absolute atomic E-state index is 11.7. The molecule has 21 heavy (non-hydrogen) atoms. The first kappa shape index (κ1) is 14.1. The van der Waals surface area contributed by atoms with Gasteiger partial charge in [0.1, 0.15) is 0 Å². The number of hydrogen-bond donors (Lipinski definition) is 0. The first-order chi connectivity index (χ1) is 10.2. The molecule has 1 aliphatic carbocycles. The maximum atomic E-state index is 11.7. The fraction of sp³-hybridized carbons (Fsp3) is 0.529. The Morgan fingerprint density at radius 3 is 2.86 bits per heavy atom. The van der Waals surface area contributed by atoms with Crippen LogP contribution in [0, 0.1) is 28.6 Å². The minimum Gasteiger partial charge on any atom is -0.469 e. The molecule has 2 aliphatic rings. The van der Waals surface area contributed by atoms with Gasteiger partial charge in [-0.25, -0.2) is 0 Å². The van der Waals surface area contributed by atoms with Gasteiger partial charge in [-0.05, 0) is 24.3 Å². The van der Waals surface area contributed by atoms with E-state index < -0.39 is 0 Å². The average molecular weight is 284 g/mol. The normalized spacial score (nSPS) is 31.6. The molecule has 0 amide bonds. The van der Waals surface area contributed by atoms with Gasteiger partial charge >= 0.3 is 5.97 Å². The lowest BCUT2D eigenvalue weighted by Gasteiger charge is -2.21. The zero-order valence-corrected chi connectivity index (χ0v) is 12.3. The topological polar surface area (TPSA) is 53.3 Å². The van der Waals surface area contributed by atoms with Crippen LogP contribution in [-0.4, -0.2) is 31.1 Å². The van der Waals surface area contributed by atoms with Crippen molar-refractivity contribution >= 4 is 5.97 Å². The van der Waals surface area contributed by atoms with Crippen LogP contribution in [0.5, 0.6) is 0 Å². The van der Waals surface area contributed by atoms with E-state index in [-0.39, 0.29) is 23.2 Å². The Balaban J connectivity index is 1.69. The molecule has 1 unspecified atom stereocenters. The van der Waals surface area contributed by atoms with Crippen molar-refractivity contribution in [1.29, 1.82) is 5.26 Å². The molecule has 1 heterocycles. The SMILES string of the molecule is COC(=O)C1C[C@@H]2CN(Cc3ccccc3)C[C@]2(C#N)C1. The molecule has 1 saturated carbocycles. The molecule has 1 aromatic carbocycles. The number of hydrogen-bond acceptors (Lipinski definition) is 4. The second-order valence-electron chi connectivity index (χ2n) is 6.28. The number of nitrogens with zero attached hydrogens (tertiary/aromatic N) is 2. The van der Waals surface area contributed by atoms with Crippen molar-refractivity contribution in [2.45, 2.75) is 19.4 Å². The fourth-order valence-electron chi connectivity index (χ4n) is 3.96. The summed E-state index contributed by atoms with van der Waals surface area (Å²) in [5.74, 6) is 0.0301. The molecule has 1 aliphatic heterocycles. The van der Waals surface area contributed by atoms with Crippen LogP contribution < -0.4 is 0 Å². The maximum Gasteiger partial charge on any atom is 0.308 e. The number of rotatable bonds is 3. The summed E-state index contributed by atoms with van der Waals surface area (Å²) in [6.07, 6.45) is 1.43. The third kappa shape index (κ3) is 2.54. The molecule has 110 valence electrons. The van der Waals surface area contributed by atoms with Crippen LogP contribution in [0.4, 0.5) is 0 Å². The van der Waals surface area contributed by atoms with Crippen LogP contribution in [0.1, 0.15) is 18.4 Å². The molecule has 4 nitrogen and oxygen atoms in total. The predicted octanol–water partition coefficient (Wildman–Crippen LogP) is 2.21. The average Bonchev–Trinajstić information content (AvgIpc) is 3.01. The van der Waals surface area contributed by atoms with Crippen molar-refractivity contribution in [2.24, 2.45) is 17.3 Å². The summed E-state index contributed by atoms with van der Waals surface area (Å²) in [6.45, 7) is 2.54. The summed E-state index contributed by atoms with van der Waals surface area (Å²) in [6, 6.07) is 12.8. The number of carbonyl (C=O) groups excluding carboxylic acids is 1. The van der Waals surface area contributed by atoms with E-state index in [2.05, 4.69) is 23.1 Å². The van der Waals surface area contributed by atoms with Crippen LogP contribution in [0.25, 0.3) is 0 Å². The molecule has 0 aromatic heterocycles. The zero-order chi connectivity index (χ0) is 14.9. The van der Waals surface area contributed by atoms with Gasteiger partial charge in [-0.1, -0.05) is 30.3 Å². The van der Waals surface area contributed by atoms with E-state index in [1.807, 2.05) is 18.2 Å². The lowest BCUT2D eigenvalue weighted by molar-refractivity contribution is -0.145. The van der Waals surface area contributed by atoms with E-state index in [1.165, 1.54) is 12.7 Å². The highest BCUT2D eigenvalue weighted by atomic mass is 16.5. The molecule has 2 fully saturated rings. The summed E-state index contributed by atoms with van der Waals surface area (Å²) in [5.41, 5.74) is 0.906. The second-order valence-corrected chi connectivity index (χ2v) is 6.28. The zero-order valence-electron chi connectivity index (χ0n) is 12.3. The second kappa shape index (κ2) is 5.50. The Morgan fingerprint density at radius 2 is 2.24 bits per heavy atom. The minimum absolute atomic E-state index is 0.0986. The molecular weight excluding hydrogens is 264 g/mol. The highest BCUT2D eigenvalue weighted by molar-refractivity contribution is 5.73. The first-order valence-electron chi connectivity index (χ1n) is 7.42. The van der Waals surface area contributed by atoms with Crippen LogP contribution in [0.15, 0.2) is 30.3 Å². The summed E-state index contributed by atoms with van der Waals surface area (Å²) < 4.78 is 4.85. The van der Waals surface area contributed by atoms with Gasteiger partial charge in [0.2, 0.25) is 0 Å². The van der Waals surface area contributed by atoms with Gasteiger partial charge in [-0.15, -0.1) is 0 Å². The Bertz CT molecular complexity index is 566. The summed E-state index contributed by atoms with van der Waals surface area (Å²) >= 11 is 0. The van der Waals surface area contributed by atoms with Gasteiger partial charge in [0.25, 0.3) is 0 Å². The van der Waals surface area contributed by atoms with E-state index in [1.54, 1.807) is 0 Å². The third-order valence-electron chi connectivity index (χ3n) is 4.95. The molecule has 0 bridgehead atoms. The van der Waals surface area contributed by atoms with Gasteiger partial charge in [0.05, 0.1) is 24.5 Å². The summed E-state index contributed by atoms with van der Waals surface area (Å²) in [5, 5.41) is 9.65. The molecular formula is C17H20N2O2. The van der Waals surface area contributed by atoms with Gasteiger partial charge in [-0.3, -0.25) is 9.69 Å². The predicted molar refractivity (Wildman–Crippen MR) is 78.0 cm³/mol.